The van der Waals surface area contributed by atoms with Crippen molar-refractivity contribution >= 4 is 23.6 Å². The van der Waals surface area contributed by atoms with Crippen LogP contribution in [0, 0.1) is 0 Å². The zero-order chi connectivity index (χ0) is 22.2. The molecule has 3 heterocycles. The average Bonchev–Trinajstić information content (AvgIpc) is 3.18. The number of hydrogen-bond donors (Lipinski definition) is 1. The number of piperazine rings is 1. The largest absolute Gasteiger partial charge is 0.445 e. The molecule has 1 fully saturated rings. The summed E-state index contributed by atoms with van der Waals surface area (Å²) in [5, 5.41) is 3.63. The summed E-state index contributed by atoms with van der Waals surface area (Å²) in [5.41, 5.74) is 5.29. The van der Waals surface area contributed by atoms with E-state index in [2.05, 4.69) is 15.1 Å². The summed E-state index contributed by atoms with van der Waals surface area (Å²) in [6.07, 6.45) is -4.40. The minimum atomic E-state index is -4.62. The van der Waals surface area contributed by atoms with Crippen molar-refractivity contribution in [2.45, 2.75) is 25.7 Å². The molecule has 1 saturated heterocycles. The van der Waals surface area contributed by atoms with Gasteiger partial charge < -0.3 is 20.3 Å². The fraction of sp³-hybridized carbons (Fsp3) is 0.368. The standard InChI is InChI=1S/C19H20F3N7O2/c1-12-10-27(18(30)31-11-13-5-3-2-4-6-13)7-8-28(12)17-25-15-14(19(20,21)22)9-24-29(15)16(23)26-17/h2-6,9,12H,7-8,10-11H2,1H3,(H2,23,25,26). The number of rotatable bonds is 3. The topological polar surface area (TPSA) is 102 Å². The summed E-state index contributed by atoms with van der Waals surface area (Å²) in [5.74, 6) is -0.145. The van der Waals surface area contributed by atoms with Gasteiger partial charge in [0.05, 0.1) is 6.20 Å². The van der Waals surface area contributed by atoms with E-state index >= 15 is 0 Å². The minimum absolute atomic E-state index is 0.0563. The number of carbonyl (C=O) groups excluding carboxylic acids is 1. The number of alkyl halides is 3. The first kappa shape index (κ1) is 20.7. The van der Waals surface area contributed by atoms with E-state index in [1.807, 2.05) is 37.3 Å². The molecule has 3 aromatic rings. The molecular weight excluding hydrogens is 415 g/mol. The van der Waals surface area contributed by atoms with Gasteiger partial charge in [-0.25, -0.2) is 4.79 Å². The maximum atomic E-state index is 13.2. The van der Waals surface area contributed by atoms with Crippen molar-refractivity contribution in [2.75, 3.05) is 30.3 Å². The van der Waals surface area contributed by atoms with Crippen molar-refractivity contribution < 1.29 is 22.7 Å². The van der Waals surface area contributed by atoms with Crippen molar-refractivity contribution in [3.63, 3.8) is 0 Å². The number of anilines is 2. The summed E-state index contributed by atoms with van der Waals surface area (Å²) < 4.78 is 45.9. The Bertz CT molecular complexity index is 1090. The molecule has 1 unspecified atom stereocenters. The van der Waals surface area contributed by atoms with Crippen LogP contribution in [0.1, 0.15) is 18.1 Å². The highest BCUT2D eigenvalue weighted by molar-refractivity contribution is 5.68. The SMILES string of the molecule is CC1CN(C(=O)OCc2ccccc2)CCN1c1nc(N)n2ncc(C(F)(F)F)c2n1. The summed E-state index contributed by atoms with van der Waals surface area (Å²) in [4.78, 5) is 23.8. The van der Waals surface area contributed by atoms with Gasteiger partial charge in [-0.15, -0.1) is 0 Å². The van der Waals surface area contributed by atoms with Gasteiger partial charge in [0.2, 0.25) is 11.9 Å². The Morgan fingerprint density at radius 1 is 1.23 bits per heavy atom. The number of nitrogen functional groups attached to an aromatic ring is 1. The quantitative estimate of drug-likeness (QED) is 0.675. The minimum Gasteiger partial charge on any atom is -0.445 e. The first-order valence-corrected chi connectivity index (χ1v) is 9.54. The summed E-state index contributed by atoms with van der Waals surface area (Å²) in [6, 6.07) is 9.04. The molecule has 0 bridgehead atoms. The van der Waals surface area contributed by atoms with Gasteiger partial charge in [-0.2, -0.15) is 32.8 Å². The van der Waals surface area contributed by atoms with Gasteiger partial charge in [0.15, 0.2) is 5.65 Å². The predicted octanol–water partition coefficient (Wildman–Crippen LogP) is 2.57. The fourth-order valence-electron chi connectivity index (χ4n) is 3.45. The van der Waals surface area contributed by atoms with E-state index in [-0.39, 0.29) is 24.5 Å². The van der Waals surface area contributed by atoms with E-state index in [4.69, 9.17) is 10.5 Å². The third kappa shape index (κ3) is 4.18. The summed E-state index contributed by atoms with van der Waals surface area (Å²) in [7, 11) is 0. The number of amides is 1. The molecule has 1 amide bonds. The van der Waals surface area contributed by atoms with Gasteiger partial charge in [-0.05, 0) is 12.5 Å². The molecule has 0 aliphatic carbocycles. The Hall–Kier alpha value is -3.57. The zero-order valence-electron chi connectivity index (χ0n) is 16.6. The lowest BCUT2D eigenvalue weighted by Crippen LogP contribution is -2.54. The van der Waals surface area contributed by atoms with Crippen LogP contribution in [0.25, 0.3) is 5.65 Å². The number of carbonyl (C=O) groups is 1. The second-order valence-corrected chi connectivity index (χ2v) is 7.20. The Morgan fingerprint density at radius 3 is 2.65 bits per heavy atom. The number of fused-ring (bicyclic) bond motifs is 1. The molecule has 0 saturated carbocycles. The van der Waals surface area contributed by atoms with Gasteiger partial charge in [0.25, 0.3) is 0 Å². The molecule has 12 heteroatoms. The number of aromatic nitrogens is 4. The lowest BCUT2D eigenvalue weighted by molar-refractivity contribution is -0.136. The molecule has 1 aliphatic heterocycles. The van der Waals surface area contributed by atoms with Gasteiger partial charge in [-0.3, -0.25) is 0 Å². The number of halogens is 3. The summed E-state index contributed by atoms with van der Waals surface area (Å²) in [6.45, 7) is 2.89. The fourth-order valence-corrected chi connectivity index (χ4v) is 3.45. The van der Waals surface area contributed by atoms with E-state index < -0.39 is 23.5 Å². The van der Waals surface area contributed by atoms with Gasteiger partial charge in [0.1, 0.15) is 12.2 Å². The van der Waals surface area contributed by atoms with Crippen LogP contribution >= 0.6 is 0 Å². The van der Waals surface area contributed by atoms with E-state index in [1.54, 1.807) is 9.80 Å². The van der Waals surface area contributed by atoms with Crippen LogP contribution in [0.3, 0.4) is 0 Å². The molecule has 1 aromatic carbocycles. The van der Waals surface area contributed by atoms with E-state index in [9.17, 15) is 18.0 Å². The molecule has 31 heavy (non-hydrogen) atoms. The molecule has 0 spiro atoms. The van der Waals surface area contributed by atoms with Crippen molar-refractivity contribution in [1.29, 1.82) is 0 Å². The second kappa shape index (κ2) is 7.93. The van der Waals surface area contributed by atoms with Crippen LogP contribution in [-0.4, -0.2) is 56.3 Å². The maximum absolute atomic E-state index is 13.2. The van der Waals surface area contributed by atoms with Crippen LogP contribution in [-0.2, 0) is 17.5 Å². The molecule has 1 aliphatic rings. The van der Waals surface area contributed by atoms with Crippen LogP contribution in [0.2, 0.25) is 0 Å². The molecular formula is C19H20F3N7O2. The molecule has 4 rings (SSSR count). The van der Waals surface area contributed by atoms with Crippen LogP contribution in [0.15, 0.2) is 36.5 Å². The Morgan fingerprint density at radius 2 is 1.97 bits per heavy atom. The highest BCUT2D eigenvalue weighted by atomic mass is 19.4. The van der Waals surface area contributed by atoms with Gasteiger partial charge in [0, 0.05) is 25.7 Å². The van der Waals surface area contributed by atoms with Gasteiger partial charge >= 0.3 is 12.3 Å². The van der Waals surface area contributed by atoms with Crippen molar-refractivity contribution in [1.82, 2.24) is 24.5 Å². The Kier molecular flexibility index (Phi) is 5.29. The highest BCUT2D eigenvalue weighted by Gasteiger charge is 2.37. The average molecular weight is 435 g/mol. The molecule has 1 atom stereocenters. The van der Waals surface area contributed by atoms with Crippen molar-refractivity contribution in [3.8, 4) is 0 Å². The number of ether oxygens (including phenoxy) is 1. The normalized spacial score (nSPS) is 17.2. The third-order valence-electron chi connectivity index (χ3n) is 5.03. The monoisotopic (exact) mass is 435 g/mol. The first-order chi connectivity index (χ1) is 14.7. The number of nitrogens with two attached hydrogens (primary N) is 1. The Labute approximate surface area is 175 Å². The predicted molar refractivity (Wildman–Crippen MR) is 105 cm³/mol. The first-order valence-electron chi connectivity index (χ1n) is 9.54. The number of hydrogen-bond acceptors (Lipinski definition) is 7. The molecule has 2 N–H and O–H groups in total. The molecule has 0 radical (unpaired) electrons. The second-order valence-electron chi connectivity index (χ2n) is 7.20. The van der Waals surface area contributed by atoms with E-state index in [0.29, 0.717) is 25.8 Å². The zero-order valence-corrected chi connectivity index (χ0v) is 16.6. The molecule has 2 aromatic heterocycles. The molecule has 164 valence electrons. The number of nitrogens with zero attached hydrogens (tertiary/aromatic N) is 6. The van der Waals surface area contributed by atoms with E-state index in [1.165, 1.54) is 0 Å². The lowest BCUT2D eigenvalue weighted by atomic mass is 10.2. The smallest absolute Gasteiger partial charge is 0.421 e. The van der Waals surface area contributed by atoms with Crippen molar-refractivity contribution in [3.05, 3.63) is 47.7 Å². The van der Waals surface area contributed by atoms with E-state index in [0.717, 1.165) is 10.1 Å². The maximum Gasteiger partial charge on any atom is 0.421 e. The molecule has 9 nitrogen and oxygen atoms in total. The van der Waals surface area contributed by atoms with Crippen LogP contribution in [0.4, 0.5) is 29.9 Å². The van der Waals surface area contributed by atoms with Gasteiger partial charge in [-0.1, -0.05) is 30.3 Å². The highest BCUT2D eigenvalue weighted by Crippen LogP contribution is 2.33. The number of benzene rings is 1. The Balaban J connectivity index is 1.47. The van der Waals surface area contributed by atoms with Crippen molar-refractivity contribution in [2.24, 2.45) is 0 Å². The summed E-state index contributed by atoms with van der Waals surface area (Å²) >= 11 is 0. The lowest BCUT2D eigenvalue weighted by Gasteiger charge is -2.39. The third-order valence-corrected chi connectivity index (χ3v) is 5.03. The van der Waals surface area contributed by atoms with Crippen LogP contribution < -0.4 is 10.6 Å². The van der Waals surface area contributed by atoms with Crippen LogP contribution in [0.5, 0.6) is 0 Å².